The van der Waals surface area contributed by atoms with Crippen LogP contribution in [0.2, 0.25) is 0 Å². The summed E-state index contributed by atoms with van der Waals surface area (Å²) in [6, 6.07) is 12.7. The lowest BCUT2D eigenvalue weighted by atomic mass is 9.90. The van der Waals surface area contributed by atoms with Crippen molar-refractivity contribution in [2.45, 2.75) is 38.2 Å². The van der Waals surface area contributed by atoms with Crippen molar-refractivity contribution in [1.82, 2.24) is 15.3 Å². The summed E-state index contributed by atoms with van der Waals surface area (Å²) < 4.78 is 6.35. The summed E-state index contributed by atoms with van der Waals surface area (Å²) in [4.78, 5) is 27.3. The Balaban J connectivity index is 1.40. The molecule has 3 aromatic rings. The van der Waals surface area contributed by atoms with Crippen molar-refractivity contribution in [3.8, 4) is 5.75 Å². The molecule has 0 fully saturated rings. The van der Waals surface area contributed by atoms with E-state index in [1.54, 1.807) is 17.5 Å². The molecule has 1 aromatic carbocycles. The highest BCUT2D eigenvalue weighted by molar-refractivity contribution is 7.10. The Kier molecular flexibility index (Phi) is 8.93. The van der Waals surface area contributed by atoms with Crippen molar-refractivity contribution in [2.24, 2.45) is 5.92 Å². The number of thiophene rings is 1. The van der Waals surface area contributed by atoms with E-state index in [1.807, 2.05) is 33.1 Å². The van der Waals surface area contributed by atoms with Crippen molar-refractivity contribution < 1.29 is 9.53 Å². The van der Waals surface area contributed by atoms with Gasteiger partial charge < -0.3 is 19.9 Å². The van der Waals surface area contributed by atoms with E-state index < -0.39 is 0 Å². The van der Waals surface area contributed by atoms with Crippen LogP contribution < -0.4 is 19.9 Å². The van der Waals surface area contributed by atoms with Gasteiger partial charge in [0.05, 0.1) is 5.56 Å². The number of benzene rings is 1. The minimum absolute atomic E-state index is 0.0527. The fraction of sp³-hybridized carbons (Fsp3) is 0.464. The number of anilines is 2. The summed E-state index contributed by atoms with van der Waals surface area (Å²) in [6.07, 6.45) is 6.00. The largest absolute Gasteiger partial charge is 0.485 e. The number of carbonyl (C=O) groups is 1. The Hall–Kier alpha value is -2.97. The van der Waals surface area contributed by atoms with Crippen LogP contribution in [0.1, 0.15) is 52.6 Å². The minimum atomic E-state index is 0.0527. The van der Waals surface area contributed by atoms with Crippen molar-refractivity contribution in [3.63, 3.8) is 0 Å². The SMILES string of the molecule is CNCC[C@H](Oc1ccc(CC2CCC(=O)c3cnc(N(C)C)nc3N(C)CC2)cc1)c1cccs1. The fourth-order valence-corrected chi connectivity index (χ4v) is 5.37. The molecule has 4 rings (SSSR count). The molecule has 1 N–H and O–H groups in total. The van der Waals surface area contributed by atoms with Gasteiger partial charge in [-0.3, -0.25) is 4.79 Å². The maximum absolute atomic E-state index is 13.0. The lowest BCUT2D eigenvalue weighted by Crippen LogP contribution is -2.25. The number of hydrogen-bond acceptors (Lipinski definition) is 8. The Morgan fingerprint density at radius 3 is 2.72 bits per heavy atom. The number of rotatable bonds is 9. The fourth-order valence-electron chi connectivity index (χ4n) is 4.58. The molecular formula is C28H37N5O2S. The molecule has 192 valence electrons. The van der Waals surface area contributed by atoms with E-state index in [1.165, 1.54) is 10.4 Å². The molecule has 0 bridgehead atoms. The number of ether oxygens (including phenoxy) is 1. The van der Waals surface area contributed by atoms with E-state index in [2.05, 4.69) is 62.0 Å². The van der Waals surface area contributed by atoms with E-state index in [0.29, 0.717) is 23.9 Å². The third kappa shape index (κ3) is 6.62. The number of aromatic nitrogens is 2. The van der Waals surface area contributed by atoms with Crippen LogP contribution in [-0.2, 0) is 6.42 Å². The molecule has 0 aliphatic carbocycles. The van der Waals surface area contributed by atoms with Crippen LogP contribution in [0, 0.1) is 5.92 Å². The number of nitrogens with zero attached hydrogens (tertiary/aromatic N) is 4. The zero-order valence-corrected chi connectivity index (χ0v) is 22.6. The molecule has 0 radical (unpaired) electrons. The van der Waals surface area contributed by atoms with Crippen LogP contribution in [0.4, 0.5) is 11.8 Å². The van der Waals surface area contributed by atoms with Gasteiger partial charge >= 0.3 is 0 Å². The van der Waals surface area contributed by atoms with Crippen LogP contribution in [0.5, 0.6) is 5.75 Å². The van der Waals surface area contributed by atoms with Gasteiger partial charge in [0.25, 0.3) is 0 Å². The van der Waals surface area contributed by atoms with Gasteiger partial charge in [-0.05, 0) is 67.9 Å². The van der Waals surface area contributed by atoms with Gasteiger partial charge in [0.15, 0.2) is 5.78 Å². The normalized spacial score (nSPS) is 17.1. The minimum Gasteiger partial charge on any atom is -0.485 e. The average Bonchev–Trinajstić information content (AvgIpc) is 3.43. The molecule has 1 unspecified atom stereocenters. The number of Topliss-reactive ketones (excluding diaryl/α,β-unsaturated/α-hetero) is 1. The van der Waals surface area contributed by atoms with Crippen LogP contribution in [0.25, 0.3) is 0 Å². The molecule has 8 heteroatoms. The van der Waals surface area contributed by atoms with Crippen LogP contribution >= 0.6 is 11.3 Å². The van der Waals surface area contributed by atoms with Gasteiger partial charge in [-0.15, -0.1) is 11.3 Å². The molecule has 0 saturated heterocycles. The van der Waals surface area contributed by atoms with Crippen LogP contribution in [0.3, 0.4) is 0 Å². The van der Waals surface area contributed by atoms with Crippen LogP contribution in [0.15, 0.2) is 48.0 Å². The lowest BCUT2D eigenvalue weighted by Gasteiger charge is -2.23. The van der Waals surface area contributed by atoms with Gasteiger partial charge in [-0.2, -0.15) is 4.98 Å². The first-order valence-electron chi connectivity index (χ1n) is 12.7. The number of hydrogen-bond donors (Lipinski definition) is 1. The van der Waals surface area contributed by atoms with Gasteiger partial charge in [-0.1, -0.05) is 18.2 Å². The quantitative estimate of drug-likeness (QED) is 0.437. The van der Waals surface area contributed by atoms with E-state index in [-0.39, 0.29) is 11.9 Å². The van der Waals surface area contributed by atoms with Crippen molar-refractivity contribution >= 4 is 28.9 Å². The zero-order chi connectivity index (χ0) is 25.5. The summed E-state index contributed by atoms with van der Waals surface area (Å²) in [6.45, 7) is 1.76. The van der Waals surface area contributed by atoms with Crippen molar-refractivity contribution in [2.75, 3.05) is 51.1 Å². The van der Waals surface area contributed by atoms with Gasteiger partial charge in [0.1, 0.15) is 17.7 Å². The molecule has 7 nitrogen and oxygen atoms in total. The molecule has 0 amide bonds. The molecule has 0 spiro atoms. The molecule has 2 aromatic heterocycles. The molecule has 36 heavy (non-hydrogen) atoms. The molecule has 0 saturated carbocycles. The third-order valence-corrected chi connectivity index (χ3v) is 7.68. The Labute approximate surface area is 218 Å². The van der Waals surface area contributed by atoms with Crippen molar-refractivity contribution in [1.29, 1.82) is 0 Å². The molecule has 1 aliphatic heterocycles. The summed E-state index contributed by atoms with van der Waals surface area (Å²) >= 11 is 1.74. The average molecular weight is 508 g/mol. The first-order chi connectivity index (χ1) is 17.4. The standard InChI is InChI=1S/C28H37N5O2S/c1-29-15-13-25(26-6-5-17-36-26)35-22-10-7-20(8-11-22)18-21-9-12-24(34)23-19-30-28(32(2)3)31-27(23)33(4)16-14-21/h5-8,10-11,17,19,21,25,29H,9,12-16,18H2,1-4H3/t21?,25-/m0/s1. The second kappa shape index (κ2) is 12.3. The maximum atomic E-state index is 13.0. The molecular weight excluding hydrogens is 470 g/mol. The molecule has 2 atom stereocenters. The first kappa shape index (κ1) is 26.1. The topological polar surface area (TPSA) is 70.6 Å². The Morgan fingerprint density at radius 2 is 2.03 bits per heavy atom. The second-order valence-corrected chi connectivity index (χ2v) is 10.7. The number of carbonyl (C=O) groups excluding carboxylic acids is 1. The zero-order valence-electron chi connectivity index (χ0n) is 21.7. The second-order valence-electron chi connectivity index (χ2n) is 9.70. The van der Waals surface area contributed by atoms with Gasteiger partial charge in [0, 0.05) is 51.6 Å². The predicted molar refractivity (Wildman–Crippen MR) is 148 cm³/mol. The third-order valence-electron chi connectivity index (χ3n) is 6.71. The van der Waals surface area contributed by atoms with E-state index in [9.17, 15) is 4.79 Å². The first-order valence-corrected chi connectivity index (χ1v) is 13.5. The Morgan fingerprint density at radius 1 is 1.22 bits per heavy atom. The van der Waals surface area contributed by atoms with E-state index in [0.717, 1.165) is 50.3 Å². The maximum Gasteiger partial charge on any atom is 0.226 e. The highest BCUT2D eigenvalue weighted by Gasteiger charge is 2.23. The summed E-state index contributed by atoms with van der Waals surface area (Å²) in [5, 5.41) is 5.32. The van der Waals surface area contributed by atoms with E-state index in [4.69, 9.17) is 4.74 Å². The number of fused-ring (bicyclic) bond motifs is 1. The highest BCUT2D eigenvalue weighted by Crippen LogP contribution is 2.30. The lowest BCUT2D eigenvalue weighted by molar-refractivity contribution is 0.0974. The predicted octanol–water partition coefficient (Wildman–Crippen LogP) is 5.00. The summed E-state index contributed by atoms with van der Waals surface area (Å²) in [7, 11) is 7.81. The monoisotopic (exact) mass is 507 g/mol. The van der Waals surface area contributed by atoms with Crippen LogP contribution in [-0.4, -0.2) is 57.0 Å². The smallest absolute Gasteiger partial charge is 0.226 e. The van der Waals surface area contributed by atoms with E-state index >= 15 is 0 Å². The Bertz CT molecular complexity index is 1120. The number of nitrogens with one attached hydrogen (secondary N) is 1. The summed E-state index contributed by atoms with van der Waals surface area (Å²) in [5.74, 6) is 2.80. The number of ketones is 1. The van der Waals surface area contributed by atoms with Gasteiger partial charge in [-0.25, -0.2) is 4.98 Å². The molecule has 1 aliphatic rings. The summed E-state index contributed by atoms with van der Waals surface area (Å²) in [5.41, 5.74) is 1.90. The van der Waals surface area contributed by atoms with Crippen molar-refractivity contribution in [3.05, 3.63) is 64.0 Å². The molecule has 3 heterocycles. The highest BCUT2D eigenvalue weighted by atomic mass is 32.1. The van der Waals surface area contributed by atoms with Gasteiger partial charge in [0.2, 0.25) is 5.95 Å².